The Balaban J connectivity index is 1.12. The number of alkyl carbamates (subject to hydrolysis) is 1. The molecule has 4 aliphatic heterocycles. The minimum absolute atomic E-state index is 0.0160. The summed E-state index contributed by atoms with van der Waals surface area (Å²) in [4.78, 5) is 82.3. The van der Waals surface area contributed by atoms with Crippen molar-refractivity contribution in [2.45, 2.75) is 120 Å². The van der Waals surface area contributed by atoms with Crippen molar-refractivity contribution in [3.63, 3.8) is 0 Å². The van der Waals surface area contributed by atoms with Crippen molar-refractivity contribution >= 4 is 66.6 Å². The number of carbonyl (C=O) groups excluding carboxylic acids is 4. The number of H-pyrrole nitrogens is 1. The topological polar surface area (TPSA) is 211 Å². The van der Waals surface area contributed by atoms with Gasteiger partial charge in [0.1, 0.15) is 29.8 Å². The Labute approximate surface area is 437 Å². The molecule has 9 atom stereocenters. The fourth-order valence-electron chi connectivity index (χ4n) is 11.5. The van der Waals surface area contributed by atoms with Crippen molar-refractivity contribution in [2.75, 3.05) is 75.9 Å². The van der Waals surface area contributed by atoms with Gasteiger partial charge in [-0.1, -0.05) is 31.3 Å². The molecule has 0 saturated carbocycles. The Morgan fingerprint density at radius 2 is 1.45 bits per heavy atom. The van der Waals surface area contributed by atoms with Crippen LogP contribution in [0.3, 0.4) is 0 Å². The zero-order valence-electron chi connectivity index (χ0n) is 44.0. The number of aromatic amines is 1. The van der Waals surface area contributed by atoms with Gasteiger partial charge in [0, 0.05) is 64.8 Å². The van der Waals surface area contributed by atoms with Crippen molar-refractivity contribution < 1.29 is 56.8 Å². The van der Waals surface area contributed by atoms with E-state index in [9.17, 15) is 29.1 Å². The minimum Gasteiger partial charge on any atom is -0.465 e. The normalized spacial score (nSPS) is 23.2. The number of likely N-dealkylation sites (tertiary alicyclic amines) is 2. The van der Waals surface area contributed by atoms with E-state index >= 15 is 8.78 Å². The second-order valence-electron chi connectivity index (χ2n) is 21.1. The van der Waals surface area contributed by atoms with Crippen LogP contribution in [0.4, 0.5) is 35.4 Å². The predicted molar refractivity (Wildman–Crippen MR) is 280 cm³/mol. The number of imidazole rings is 1. The highest BCUT2D eigenvalue weighted by molar-refractivity contribution is 6.77. The van der Waals surface area contributed by atoms with Crippen LogP contribution in [0.5, 0.6) is 0 Å². The number of benzene rings is 3. The molecule has 19 nitrogen and oxygen atoms in total. The van der Waals surface area contributed by atoms with Crippen LogP contribution in [-0.2, 0) is 33.3 Å². The summed E-state index contributed by atoms with van der Waals surface area (Å²) in [6.45, 7) is 10.1. The number of hydrogen-bond donors (Lipinski definition) is 4. The summed E-state index contributed by atoms with van der Waals surface area (Å²) in [6.07, 6.45) is -0.770. The standard InChI is InChI=1S/C53H71F2N9O10Si/c1-31(72-4)46(58-52(68)69)51(67)62-28-33(29-71-3)24-45(62)63(30-65)36-14-11-34(12-15-36)42-17-18-43(64(42)37-26-38(54)48(39(55)27-37)60-20-22-75(7,8)23-21-60)35-13-16-40-41(25-35)57-49(56-40)44-10-9-19-61(44)50(66)47(32(2)73-5)59-53(70)74-6/h11-16,25-27,30-33,42-47,58H,9-10,17-24,28-29H2,1-8H3,(H,56,57)(H,59,70)(H,68,69)/t31-,32?,33+,42-,43-,44+,45-,46+,47+/m1/s1. The first-order valence-corrected chi connectivity index (χ1v) is 29.2. The molecule has 0 radical (unpaired) electrons. The number of ether oxygens (including phenoxy) is 4. The van der Waals surface area contributed by atoms with E-state index in [1.807, 2.05) is 35.2 Å². The quantitative estimate of drug-likeness (QED) is 0.0569. The van der Waals surface area contributed by atoms with Gasteiger partial charge in [-0.3, -0.25) is 19.3 Å². The third kappa shape index (κ3) is 11.6. The van der Waals surface area contributed by atoms with Crippen LogP contribution in [-0.4, -0.2) is 155 Å². The number of hydrogen-bond acceptors (Lipinski definition) is 12. The average molecular weight is 1060 g/mol. The van der Waals surface area contributed by atoms with Gasteiger partial charge in [-0.05, 0) is 106 Å². The van der Waals surface area contributed by atoms with Crippen molar-refractivity contribution in [1.29, 1.82) is 0 Å². The van der Waals surface area contributed by atoms with E-state index in [0.717, 1.165) is 35.2 Å². The number of rotatable bonds is 18. The van der Waals surface area contributed by atoms with Crippen molar-refractivity contribution in [2.24, 2.45) is 5.92 Å². The third-order valence-electron chi connectivity index (χ3n) is 15.9. The molecule has 0 aliphatic carbocycles. The van der Waals surface area contributed by atoms with Gasteiger partial charge in [-0.2, -0.15) is 0 Å². The number of aromatic nitrogens is 2. The molecule has 0 bridgehead atoms. The highest BCUT2D eigenvalue weighted by atomic mass is 28.3. The van der Waals surface area contributed by atoms with Gasteiger partial charge in [-0.25, -0.2) is 23.4 Å². The molecule has 0 spiro atoms. The molecule has 406 valence electrons. The number of carboxylic acid groups (broad SMARTS) is 1. The number of carbonyl (C=O) groups is 5. The van der Waals surface area contributed by atoms with Gasteiger partial charge in [-0.15, -0.1) is 0 Å². The lowest BCUT2D eigenvalue weighted by Gasteiger charge is -2.38. The number of nitrogens with zero attached hydrogens (tertiary/aromatic N) is 6. The molecule has 4 fully saturated rings. The zero-order valence-corrected chi connectivity index (χ0v) is 45.0. The summed E-state index contributed by atoms with van der Waals surface area (Å²) in [5, 5.41) is 14.5. The Morgan fingerprint density at radius 3 is 2.05 bits per heavy atom. The molecule has 75 heavy (non-hydrogen) atoms. The highest BCUT2D eigenvalue weighted by Gasteiger charge is 2.44. The first kappa shape index (κ1) is 54.9. The summed E-state index contributed by atoms with van der Waals surface area (Å²) >= 11 is 0. The SMILES string of the molecule is COC[C@H]1C[C@@H](N(C=O)c2ccc([C@H]3CC[C@H](c4ccc5nc([C@@H]6CCCN6C(=O)[C@@H](NC(=O)OC)C(C)OC)[nH]c5c4)N3c3cc(F)c(N4CC[Si](C)(C)CC4)c(F)c3)cc2)N(C(=O)[C@@H](NC(=O)O)[C@@H](C)OC)C1. The van der Waals surface area contributed by atoms with Crippen molar-refractivity contribution in [1.82, 2.24) is 30.4 Å². The van der Waals surface area contributed by atoms with Gasteiger partial charge >= 0.3 is 12.2 Å². The number of fused-ring (bicyclic) bond motifs is 1. The monoisotopic (exact) mass is 1060 g/mol. The van der Waals surface area contributed by atoms with E-state index in [1.54, 1.807) is 38.0 Å². The van der Waals surface area contributed by atoms with Crippen LogP contribution in [0, 0.1) is 17.6 Å². The average Bonchev–Trinajstić information content (AvgIpc) is 4.23. The van der Waals surface area contributed by atoms with E-state index in [1.165, 1.54) is 43.3 Å². The lowest BCUT2D eigenvalue weighted by Crippen LogP contribution is -2.57. The van der Waals surface area contributed by atoms with E-state index < -0.39 is 74.3 Å². The van der Waals surface area contributed by atoms with Crippen LogP contribution >= 0.6 is 0 Å². The molecule has 4 aliphatic rings. The highest BCUT2D eigenvalue weighted by Crippen LogP contribution is 2.49. The maximum atomic E-state index is 16.6. The van der Waals surface area contributed by atoms with Gasteiger partial charge in [0.15, 0.2) is 11.6 Å². The van der Waals surface area contributed by atoms with Gasteiger partial charge in [0.05, 0.1) is 63.2 Å². The van der Waals surface area contributed by atoms with Gasteiger partial charge in [0.2, 0.25) is 18.2 Å². The molecular weight excluding hydrogens is 989 g/mol. The lowest BCUT2D eigenvalue weighted by molar-refractivity contribution is -0.138. The summed E-state index contributed by atoms with van der Waals surface area (Å²) in [7, 11) is 4.20. The molecule has 5 amide bonds. The Bertz CT molecular complexity index is 2680. The van der Waals surface area contributed by atoms with E-state index in [-0.39, 0.29) is 36.1 Å². The first-order valence-electron chi connectivity index (χ1n) is 25.8. The van der Waals surface area contributed by atoms with Crippen LogP contribution in [0.25, 0.3) is 11.0 Å². The van der Waals surface area contributed by atoms with Gasteiger partial charge < -0.3 is 59.3 Å². The fourth-order valence-corrected chi connectivity index (χ4v) is 13.5. The number of nitrogens with one attached hydrogen (secondary N) is 3. The van der Waals surface area contributed by atoms with E-state index in [2.05, 4.69) is 33.6 Å². The van der Waals surface area contributed by atoms with Crippen LogP contribution < -0.4 is 25.3 Å². The number of halogens is 2. The first-order chi connectivity index (χ1) is 35.9. The molecule has 8 rings (SSSR count). The fraction of sp³-hybridized carbons (Fsp3) is 0.547. The second kappa shape index (κ2) is 23.3. The Morgan fingerprint density at radius 1 is 0.840 bits per heavy atom. The molecule has 3 aromatic carbocycles. The summed E-state index contributed by atoms with van der Waals surface area (Å²) in [6, 6.07) is 14.6. The van der Waals surface area contributed by atoms with E-state index in [4.69, 9.17) is 23.9 Å². The maximum absolute atomic E-state index is 16.6. The molecule has 4 aromatic rings. The van der Waals surface area contributed by atoms with Gasteiger partial charge in [0.25, 0.3) is 0 Å². The summed E-state index contributed by atoms with van der Waals surface area (Å²) < 4.78 is 54.4. The molecule has 5 heterocycles. The number of methoxy groups -OCH3 is 4. The molecule has 1 unspecified atom stereocenters. The Hall–Kier alpha value is -6.36. The molecule has 4 saturated heterocycles. The molecule has 1 aromatic heterocycles. The summed E-state index contributed by atoms with van der Waals surface area (Å²) in [5.41, 5.74) is 3.94. The third-order valence-corrected chi connectivity index (χ3v) is 19.0. The minimum atomic E-state index is -1.44. The van der Waals surface area contributed by atoms with E-state index in [0.29, 0.717) is 81.1 Å². The number of anilines is 3. The smallest absolute Gasteiger partial charge is 0.407 e. The Kier molecular flexibility index (Phi) is 17.0. The van der Waals surface area contributed by atoms with Crippen LogP contribution in [0.1, 0.15) is 81.0 Å². The second-order valence-corrected chi connectivity index (χ2v) is 26.4. The van der Waals surface area contributed by atoms with Crippen LogP contribution in [0.15, 0.2) is 54.6 Å². The molecular formula is C53H71F2N9O10Si. The zero-order chi connectivity index (χ0) is 53.9. The lowest BCUT2D eigenvalue weighted by atomic mass is 10.0. The largest absolute Gasteiger partial charge is 0.465 e. The van der Waals surface area contributed by atoms with Crippen molar-refractivity contribution in [3.8, 4) is 0 Å². The molecule has 4 N–H and O–H groups in total. The molecule has 22 heteroatoms. The number of amides is 5. The predicted octanol–water partition coefficient (Wildman–Crippen LogP) is 7.33. The van der Waals surface area contributed by atoms with Crippen LogP contribution in [0.2, 0.25) is 25.2 Å². The van der Waals surface area contributed by atoms with Crippen molar-refractivity contribution in [3.05, 3.63) is 83.2 Å². The summed E-state index contributed by atoms with van der Waals surface area (Å²) in [5.74, 6) is -1.70. The maximum Gasteiger partial charge on any atom is 0.407 e.